The van der Waals surface area contributed by atoms with Crippen molar-refractivity contribution in [3.8, 4) is 0 Å². The topological polar surface area (TPSA) is 47.3 Å². The third-order valence-electron chi connectivity index (χ3n) is 2.76. The molecule has 0 atom stereocenters. The summed E-state index contributed by atoms with van der Waals surface area (Å²) in [5.74, 6) is 0. The van der Waals surface area contributed by atoms with Crippen molar-refractivity contribution in [3.05, 3.63) is 59.3 Å². The van der Waals surface area contributed by atoms with Crippen LogP contribution in [0.1, 0.15) is 0 Å². The van der Waals surface area contributed by atoms with E-state index in [1.807, 2.05) is 0 Å². The average Bonchev–Trinajstić information content (AvgIpc) is 2.83. The van der Waals surface area contributed by atoms with Crippen molar-refractivity contribution in [2.45, 2.75) is 9.79 Å². The van der Waals surface area contributed by atoms with Crippen LogP contribution in [-0.2, 0) is 9.84 Å². The van der Waals surface area contributed by atoms with Gasteiger partial charge >= 0.3 is 0 Å². The Bertz CT molecular complexity index is 850. The monoisotopic (exact) mass is 335 g/mol. The molecular formula is C14H8BrO3S. The first kappa shape index (κ1) is 12.4. The van der Waals surface area contributed by atoms with Crippen molar-refractivity contribution >= 4 is 36.7 Å². The highest BCUT2D eigenvalue weighted by Gasteiger charge is 2.23. The van der Waals surface area contributed by atoms with Gasteiger partial charge in [-0.2, -0.15) is 0 Å². The summed E-state index contributed by atoms with van der Waals surface area (Å²) >= 11 is 3.22. The summed E-state index contributed by atoms with van der Waals surface area (Å²) in [6.45, 7) is 0. The Labute approximate surface area is 118 Å². The second-order valence-corrected chi connectivity index (χ2v) is 6.70. The van der Waals surface area contributed by atoms with Crippen LogP contribution in [0.4, 0.5) is 0 Å². The molecule has 0 aliphatic carbocycles. The molecular weight excluding hydrogens is 328 g/mol. The summed E-state index contributed by atoms with van der Waals surface area (Å²) in [5.41, 5.74) is 0.552. The fraction of sp³-hybridized carbons (Fsp3) is 0. The Hall–Kier alpha value is -1.59. The smallest absolute Gasteiger partial charge is 0.211 e. The van der Waals surface area contributed by atoms with Crippen LogP contribution in [0.15, 0.2) is 67.4 Å². The lowest BCUT2D eigenvalue weighted by atomic mass is 10.3. The van der Waals surface area contributed by atoms with Gasteiger partial charge in [-0.3, -0.25) is 0 Å². The maximum absolute atomic E-state index is 12.5. The molecule has 0 unspecified atom stereocenters. The molecule has 1 heterocycles. The molecule has 2 aromatic carbocycles. The van der Waals surface area contributed by atoms with Gasteiger partial charge in [-0.15, -0.1) is 0 Å². The SMILES string of the molecule is O=S(=O)(c1[c]c(Br)ccc1)c1coc2ccccc12. The van der Waals surface area contributed by atoms with E-state index < -0.39 is 9.84 Å². The van der Waals surface area contributed by atoms with Crippen LogP contribution < -0.4 is 0 Å². The molecule has 0 aliphatic rings. The van der Waals surface area contributed by atoms with Gasteiger partial charge in [-0.25, -0.2) is 8.42 Å². The quantitative estimate of drug-likeness (QED) is 0.715. The van der Waals surface area contributed by atoms with Crippen molar-refractivity contribution in [2.24, 2.45) is 0 Å². The van der Waals surface area contributed by atoms with Gasteiger partial charge in [0, 0.05) is 15.9 Å². The molecule has 1 radical (unpaired) electrons. The number of fused-ring (bicyclic) bond motifs is 1. The van der Waals surface area contributed by atoms with E-state index in [0.29, 0.717) is 15.4 Å². The number of benzene rings is 2. The molecule has 19 heavy (non-hydrogen) atoms. The molecule has 0 aliphatic heterocycles. The Kier molecular flexibility index (Phi) is 2.95. The minimum Gasteiger partial charge on any atom is -0.463 e. The van der Waals surface area contributed by atoms with Crippen molar-refractivity contribution in [1.29, 1.82) is 0 Å². The van der Waals surface area contributed by atoms with Crippen LogP contribution in [0.3, 0.4) is 0 Å². The van der Waals surface area contributed by atoms with Gasteiger partial charge in [0.05, 0.1) is 4.90 Å². The number of rotatable bonds is 2. The summed E-state index contributed by atoms with van der Waals surface area (Å²) in [7, 11) is -3.62. The molecule has 3 aromatic rings. The van der Waals surface area contributed by atoms with Gasteiger partial charge in [-0.1, -0.05) is 34.1 Å². The lowest BCUT2D eigenvalue weighted by Crippen LogP contribution is -2.01. The Balaban J connectivity index is 2.26. The van der Waals surface area contributed by atoms with Gasteiger partial charge in [0.15, 0.2) is 0 Å². The van der Waals surface area contributed by atoms with Gasteiger partial charge in [0.2, 0.25) is 9.84 Å². The molecule has 1 aromatic heterocycles. The zero-order chi connectivity index (χ0) is 13.5. The largest absolute Gasteiger partial charge is 0.463 e. The molecule has 0 saturated carbocycles. The minimum atomic E-state index is -3.62. The molecule has 3 nitrogen and oxygen atoms in total. The van der Waals surface area contributed by atoms with Crippen LogP contribution in [-0.4, -0.2) is 8.42 Å². The molecule has 95 valence electrons. The fourth-order valence-corrected chi connectivity index (χ4v) is 3.73. The third kappa shape index (κ3) is 2.09. The number of hydrogen-bond donors (Lipinski definition) is 0. The van der Waals surface area contributed by atoms with Crippen molar-refractivity contribution in [1.82, 2.24) is 0 Å². The van der Waals surface area contributed by atoms with Gasteiger partial charge in [0.1, 0.15) is 16.7 Å². The zero-order valence-electron chi connectivity index (χ0n) is 9.63. The first-order chi connectivity index (χ1) is 9.09. The number of halogens is 1. The molecule has 0 amide bonds. The van der Waals surface area contributed by atoms with E-state index in [2.05, 4.69) is 22.0 Å². The van der Waals surface area contributed by atoms with Gasteiger partial charge in [-0.05, 0) is 24.3 Å². The highest BCUT2D eigenvalue weighted by Crippen LogP contribution is 2.30. The van der Waals surface area contributed by atoms with E-state index in [1.54, 1.807) is 36.4 Å². The summed E-state index contributed by atoms with van der Waals surface area (Å²) in [6.07, 6.45) is 1.27. The maximum atomic E-state index is 12.5. The van der Waals surface area contributed by atoms with Crippen LogP contribution in [0, 0.1) is 6.07 Å². The molecule has 0 bridgehead atoms. The number of para-hydroxylation sites is 1. The Morgan fingerprint density at radius 3 is 2.63 bits per heavy atom. The van der Waals surface area contributed by atoms with E-state index >= 15 is 0 Å². The van der Waals surface area contributed by atoms with Gasteiger partial charge < -0.3 is 4.42 Å². The molecule has 0 N–H and O–H groups in total. The maximum Gasteiger partial charge on any atom is 0.211 e. The first-order valence-corrected chi connectivity index (χ1v) is 7.76. The summed E-state index contributed by atoms with van der Waals surface area (Å²) in [4.78, 5) is 0.283. The van der Waals surface area contributed by atoms with Gasteiger partial charge in [0.25, 0.3) is 0 Å². The predicted molar refractivity (Wildman–Crippen MR) is 74.6 cm³/mol. The van der Waals surface area contributed by atoms with E-state index in [9.17, 15) is 8.42 Å². The predicted octanol–water partition coefficient (Wildman–Crippen LogP) is 3.83. The average molecular weight is 336 g/mol. The normalized spacial score (nSPS) is 11.8. The van der Waals surface area contributed by atoms with Crippen LogP contribution >= 0.6 is 15.9 Å². The third-order valence-corrected chi connectivity index (χ3v) is 4.93. The van der Waals surface area contributed by atoms with Crippen LogP contribution in [0.25, 0.3) is 11.0 Å². The number of furan rings is 1. The number of hydrogen-bond acceptors (Lipinski definition) is 3. The molecule has 3 rings (SSSR count). The Morgan fingerprint density at radius 1 is 1.05 bits per heavy atom. The van der Waals surface area contributed by atoms with Crippen LogP contribution in [0.2, 0.25) is 0 Å². The Morgan fingerprint density at radius 2 is 1.84 bits per heavy atom. The highest BCUT2D eigenvalue weighted by atomic mass is 79.9. The molecule has 5 heteroatoms. The molecule has 0 saturated heterocycles. The van der Waals surface area contributed by atoms with Crippen LogP contribution in [0.5, 0.6) is 0 Å². The highest BCUT2D eigenvalue weighted by molar-refractivity contribution is 9.10. The van der Waals surface area contributed by atoms with Crippen molar-refractivity contribution in [3.63, 3.8) is 0 Å². The molecule has 0 spiro atoms. The standard InChI is InChI=1S/C14H8BrO3S/c15-10-4-3-5-11(8-10)19(16,17)14-9-18-13-7-2-1-6-12(13)14/h1-7,9H. The van der Waals surface area contributed by atoms with Crippen molar-refractivity contribution < 1.29 is 12.8 Å². The minimum absolute atomic E-state index is 0.119. The van der Waals surface area contributed by atoms with Crippen molar-refractivity contribution in [2.75, 3.05) is 0 Å². The number of sulfone groups is 1. The zero-order valence-corrected chi connectivity index (χ0v) is 12.0. The summed E-state index contributed by atoms with van der Waals surface area (Å²) in [5, 5.41) is 0.580. The lowest BCUT2D eigenvalue weighted by Gasteiger charge is -2.02. The lowest BCUT2D eigenvalue weighted by molar-refractivity contribution is 0.583. The van der Waals surface area contributed by atoms with E-state index in [4.69, 9.17) is 4.42 Å². The van der Waals surface area contributed by atoms with E-state index in [1.165, 1.54) is 12.3 Å². The second-order valence-electron chi connectivity index (χ2n) is 3.96. The first-order valence-electron chi connectivity index (χ1n) is 5.48. The molecule has 0 fully saturated rings. The summed E-state index contributed by atoms with van der Waals surface area (Å²) < 4.78 is 31.0. The summed E-state index contributed by atoms with van der Waals surface area (Å²) in [6, 6.07) is 14.7. The fourth-order valence-electron chi connectivity index (χ4n) is 1.86. The van der Waals surface area contributed by atoms with E-state index in [0.717, 1.165) is 0 Å². The second kappa shape index (κ2) is 4.51. The van der Waals surface area contributed by atoms with E-state index in [-0.39, 0.29) is 9.79 Å².